The second-order valence-corrected chi connectivity index (χ2v) is 4.49. The highest BCUT2D eigenvalue weighted by atomic mass is 35.5. The van der Waals surface area contributed by atoms with E-state index in [0.29, 0.717) is 11.3 Å². The molecule has 20 heavy (non-hydrogen) atoms. The summed E-state index contributed by atoms with van der Waals surface area (Å²) in [4.78, 5) is 10.9. The number of carboxylic acid groups (broad SMARTS) is 1. The van der Waals surface area contributed by atoms with Crippen molar-refractivity contribution < 1.29 is 19.0 Å². The van der Waals surface area contributed by atoms with Crippen molar-refractivity contribution in [3.63, 3.8) is 0 Å². The summed E-state index contributed by atoms with van der Waals surface area (Å²) in [6, 6.07) is 8.10. The van der Waals surface area contributed by atoms with Crippen molar-refractivity contribution in [2.75, 3.05) is 5.73 Å². The molecule has 0 unspecified atom stereocenters. The molecule has 0 heterocycles. The summed E-state index contributed by atoms with van der Waals surface area (Å²) in [5.74, 6) is -1.27. The standard InChI is InChI=1S/C14H11ClFNO3/c15-11-6-10(16)3-1-9(11)7-20-13-5-8(14(18)19)2-4-12(13)17/h1-6H,7,17H2,(H,18,19). The quantitative estimate of drug-likeness (QED) is 0.849. The molecule has 0 aliphatic heterocycles. The van der Waals surface area contributed by atoms with Gasteiger partial charge in [-0.1, -0.05) is 17.7 Å². The largest absolute Gasteiger partial charge is 0.487 e. The number of hydrogen-bond acceptors (Lipinski definition) is 3. The van der Waals surface area contributed by atoms with E-state index >= 15 is 0 Å². The van der Waals surface area contributed by atoms with Gasteiger partial charge in [-0.3, -0.25) is 0 Å². The molecule has 0 spiro atoms. The fraction of sp³-hybridized carbons (Fsp3) is 0.0714. The van der Waals surface area contributed by atoms with Gasteiger partial charge in [-0.15, -0.1) is 0 Å². The Kier molecular flexibility index (Phi) is 4.10. The number of ether oxygens (including phenoxy) is 1. The van der Waals surface area contributed by atoms with Crippen LogP contribution >= 0.6 is 11.6 Å². The van der Waals surface area contributed by atoms with Gasteiger partial charge >= 0.3 is 5.97 Å². The number of nitrogens with two attached hydrogens (primary N) is 1. The monoisotopic (exact) mass is 295 g/mol. The van der Waals surface area contributed by atoms with Crippen LogP contribution in [0.5, 0.6) is 5.75 Å². The molecule has 0 aliphatic carbocycles. The number of anilines is 1. The molecule has 0 bridgehead atoms. The molecule has 104 valence electrons. The minimum atomic E-state index is -1.07. The van der Waals surface area contributed by atoms with E-state index in [0.717, 1.165) is 0 Å². The number of carbonyl (C=O) groups is 1. The summed E-state index contributed by atoms with van der Waals surface area (Å²) in [6.07, 6.45) is 0. The van der Waals surface area contributed by atoms with Gasteiger partial charge in [0.05, 0.1) is 16.3 Å². The lowest BCUT2D eigenvalue weighted by Crippen LogP contribution is -2.02. The van der Waals surface area contributed by atoms with Gasteiger partial charge in [-0.05, 0) is 30.3 Å². The number of benzene rings is 2. The van der Waals surface area contributed by atoms with E-state index in [1.54, 1.807) is 0 Å². The number of halogens is 2. The third kappa shape index (κ3) is 3.19. The summed E-state index contributed by atoms with van der Waals surface area (Å²) >= 11 is 5.87. The van der Waals surface area contributed by atoms with Crippen LogP contribution in [-0.4, -0.2) is 11.1 Å². The minimum Gasteiger partial charge on any atom is -0.487 e. The fourth-order valence-corrected chi connectivity index (χ4v) is 1.81. The minimum absolute atomic E-state index is 0.0619. The zero-order valence-corrected chi connectivity index (χ0v) is 11.0. The van der Waals surface area contributed by atoms with Crippen molar-refractivity contribution in [3.8, 4) is 5.75 Å². The zero-order chi connectivity index (χ0) is 14.7. The molecule has 2 aromatic rings. The highest BCUT2D eigenvalue weighted by Gasteiger charge is 2.09. The van der Waals surface area contributed by atoms with Crippen LogP contribution in [0.25, 0.3) is 0 Å². The lowest BCUT2D eigenvalue weighted by Gasteiger charge is -2.10. The Morgan fingerprint density at radius 1 is 1.30 bits per heavy atom. The van der Waals surface area contributed by atoms with Gasteiger partial charge in [-0.2, -0.15) is 0 Å². The first-order valence-corrected chi connectivity index (χ1v) is 6.04. The summed E-state index contributed by atoms with van der Waals surface area (Å²) in [6.45, 7) is 0.0619. The Hall–Kier alpha value is -2.27. The summed E-state index contributed by atoms with van der Waals surface area (Å²) < 4.78 is 18.3. The predicted molar refractivity (Wildman–Crippen MR) is 73.6 cm³/mol. The van der Waals surface area contributed by atoms with Crippen molar-refractivity contribution >= 4 is 23.3 Å². The maximum Gasteiger partial charge on any atom is 0.335 e. The highest BCUT2D eigenvalue weighted by molar-refractivity contribution is 6.31. The van der Waals surface area contributed by atoms with Gasteiger partial charge in [0.25, 0.3) is 0 Å². The first kappa shape index (κ1) is 14.1. The number of rotatable bonds is 4. The van der Waals surface area contributed by atoms with Crippen LogP contribution in [0.3, 0.4) is 0 Å². The van der Waals surface area contributed by atoms with Gasteiger partial charge in [0.2, 0.25) is 0 Å². The topological polar surface area (TPSA) is 72.6 Å². The third-order valence-corrected chi connectivity index (χ3v) is 3.01. The van der Waals surface area contributed by atoms with Crippen molar-refractivity contribution in [2.45, 2.75) is 6.61 Å². The molecule has 0 saturated heterocycles. The van der Waals surface area contributed by atoms with E-state index in [9.17, 15) is 9.18 Å². The molecule has 2 rings (SSSR count). The number of hydrogen-bond donors (Lipinski definition) is 2. The summed E-state index contributed by atoms with van der Waals surface area (Å²) in [7, 11) is 0. The molecule has 0 amide bonds. The molecule has 0 aromatic heterocycles. The van der Waals surface area contributed by atoms with E-state index in [1.165, 1.54) is 36.4 Å². The van der Waals surface area contributed by atoms with E-state index in [1.807, 2.05) is 0 Å². The molecule has 4 nitrogen and oxygen atoms in total. The Morgan fingerprint density at radius 3 is 2.70 bits per heavy atom. The molecule has 0 radical (unpaired) electrons. The van der Waals surface area contributed by atoms with Crippen LogP contribution in [-0.2, 0) is 6.61 Å². The Balaban J connectivity index is 2.18. The SMILES string of the molecule is Nc1ccc(C(=O)O)cc1OCc1ccc(F)cc1Cl. The highest BCUT2D eigenvalue weighted by Crippen LogP contribution is 2.25. The lowest BCUT2D eigenvalue weighted by atomic mass is 10.2. The third-order valence-electron chi connectivity index (χ3n) is 2.66. The molecule has 0 fully saturated rings. The van der Waals surface area contributed by atoms with Gasteiger partial charge in [0, 0.05) is 5.56 Å². The van der Waals surface area contributed by atoms with Gasteiger partial charge in [-0.25, -0.2) is 9.18 Å². The van der Waals surface area contributed by atoms with Crippen LogP contribution < -0.4 is 10.5 Å². The molecule has 6 heteroatoms. The molecule has 3 N–H and O–H groups in total. The van der Waals surface area contributed by atoms with E-state index in [-0.39, 0.29) is 22.9 Å². The van der Waals surface area contributed by atoms with Crippen molar-refractivity contribution in [2.24, 2.45) is 0 Å². The Bertz CT molecular complexity index is 661. The Labute approximate surface area is 119 Å². The molecule has 0 aliphatic rings. The molecule has 0 saturated carbocycles. The lowest BCUT2D eigenvalue weighted by molar-refractivity contribution is 0.0696. The van der Waals surface area contributed by atoms with Crippen LogP contribution in [0.1, 0.15) is 15.9 Å². The van der Waals surface area contributed by atoms with Crippen molar-refractivity contribution in [1.29, 1.82) is 0 Å². The molecular formula is C14H11ClFNO3. The average Bonchev–Trinajstić information content (AvgIpc) is 2.39. The van der Waals surface area contributed by atoms with Gasteiger partial charge in [0.15, 0.2) is 0 Å². The van der Waals surface area contributed by atoms with E-state index < -0.39 is 11.8 Å². The van der Waals surface area contributed by atoms with Gasteiger partial charge < -0.3 is 15.6 Å². The zero-order valence-electron chi connectivity index (χ0n) is 10.3. The van der Waals surface area contributed by atoms with E-state index in [2.05, 4.69) is 0 Å². The first-order chi connectivity index (χ1) is 9.47. The maximum atomic E-state index is 12.9. The number of aromatic carboxylic acids is 1. The predicted octanol–water partition coefficient (Wildman–Crippen LogP) is 3.34. The normalized spacial score (nSPS) is 10.3. The van der Waals surface area contributed by atoms with Crippen LogP contribution in [0, 0.1) is 5.82 Å². The number of nitrogen functional groups attached to an aromatic ring is 1. The van der Waals surface area contributed by atoms with Crippen LogP contribution in [0.2, 0.25) is 5.02 Å². The maximum absolute atomic E-state index is 12.9. The first-order valence-electron chi connectivity index (χ1n) is 5.67. The fourth-order valence-electron chi connectivity index (χ4n) is 1.59. The van der Waals surface area contributed by atoms with Crippen LogP contribution in [0.15, 0.2) is 36.4 Å². The summed E-state index contributed by atoms with van der Waals surface area (Å²) in [5, 5.41) is 9.14. The Morgan fingerprint density at radius 2 is 2.05 bits per heavy atom. The van der Waals surface area contributed by atoms with E-state index in [4.69, 9.17) is 27.2 Å². The number of carboxylic acids is 1. The molecule has 2 aromatic carbocycles. The smallest absolute Gasteiger partial charge is 0.335 e. The summed E-state index contributed by atoms with van der Waals surface area (Å²) in [5.41, 5.74) is 6.66. The van der Waals surface area contributed by atoms with Gasteiger partial charge in [0.1, 0.15) is 18.2 Å². The second kappa shape index (κ2) is 5.79. The average molecular weight is 296 g/mol. The van der Waals surface area contributed by atoms with Crippen molar-refractivity contribution in [3.05, 3.63) is 58.4 Å². The molecular weight excluding hydrogens is 285 g/mol. The van der Waals surface area contributed by atoms with Crippen molar-refractivity contribution in [1.82, 2.24) is 0 Å². The van der Waals surface area contributed by atoms with Crippen LogP contribution in [0.4, 0.5) is 10.1 Å². The second-order valence-electron chi connectivity index (χ2n) is 4.08. The molecule has 0 atom stereocenters.